The van der Waals surface area contributed by atoms with E-state index in [9.17, 15) is 0 Å². The summed E-state index contributed by atoms with van der Waals surface area (Å²) in [6.07, 6.45) is 0. The fourth-order valence-electron chi connectivity index (χ4n) is 1.32. The van der Waals surface area contributed by atoms with Crippen molar-refractivity contribution in [1.82, 2.24) is 0 Å². The minimum Gasteiger partial charge on any atom is -0.0836 e. The Bertz CT molecular complexity index is 289. The lowest BCUT2D eigenvalue weighted by molar-refractivity contribution is 0.641. The van der Waals surface area contributed by atoms with Crippen molar-refractivity contribution in [3.8, 4) is 0 Å². The molecule has 0 aliphatic rings. The first kappa shape index (κ1) is 10.8. The number of rotatable bonds is 2. The molecule has 0 nitrogen and oxygen atoms in total. The zero-order chi connectivity index (χ0) is 10.0. The van der Waals surface area contributed by atoms with Crippen LogP contribution in [0.2, 0.25) is 0 Å². The largest absolute Gasteiger partial charge is 0.0836 e. The lowest BCUT2D eigenvalue weighted by Gasteiger charge is -2.15. The van der Waals surface area contributed by atoms with Crippen LogP contribution in [0.1, 0.15) is 35.4 Å². The molecule has 0 spiro atoms. The molecule has 0 heterocycles. The lowest BCUT2D eigenvalue weighted by Crippen LogP contribution is -1.99. The molecule has 1 aromatic rings. The van der Waals surface area contributed by atoms with Crippen molar-refractivity contribution in [2.45, 2.75) is 32.5 Å². The van der Waals surface area contributed by atoms with E-state index in [1.54, 1.807) is 0 Å². The Morgan fingerprint density at radius 2 is 1.69 bits per heavy atom. The molecule has 13 heavy (non-hydrogen) atoms. The summed E-state index contributed by atoms with van der Waals surface area (Å²) in [7, 11) is 0. The molecule has 1 aromatic carbocycles. The van der Waals surface area contributed by atoms with Gasteiger partial charge in [0.15, 0.2) is 0 Å². The van der Waals surface area contributed by atoms with Crippen LogP contribution in [0.3, 0.4) is 0 Å². The maximum absolute atomic E-state index is 3.71. The van der Waals surface area contributed by atoms with Gasteiger partial charge in [0.2, 0.25) is 0 Å². The van der Waals surface area contributed by atoms with Gasteiger partial charge in [-0.3, -0.25) is 0 Å². The topological polar surface area (TPSA) is 0 Å². The van der Waals surface area contributed by atoms with Gasteiger partial charge in [0.25, 0.3) is 0 Å². The molecule has 0 bridgehead atoms. The zero-order valence-corrected chi connectivity index (χ0v) is 10.4. The van der Waals surface area contributed by atoms with Gasteiger partial charge in [-0.15, -0.1) is 0 Å². The maximum atomic E-state index is 3.71. The van der Waals surface area contributed by atoms with Crippen molar-refractivity contribution in [2.24, 2.45) is 5.92 Å². The number of hydrogen-bond donors (Lipinski definition) is 0. The Hall–Kier alpha value is -0.300. The highest BCUT2D eigenvalue weighted by Gasteiger charge is 2.11. The monoisotopic (exact) mass is 240 g/mol. The van der Waals surface area contributed by atoms with E-state index >= 15 is 0 Å². The molecule has 0 amide bonds. The molecule has 0 radical (unpaired) electrons. The SMILES string of the molecule is Cc1ccc(C(Br)C(C)C)cc1C. The van der Waals surface area contributed by atoms with E-state index in [2.05, 4.69) is 61.8 Å². The Morgan fingerprint density at radius 1 is 1.08 bits per heavy atom. The van der Waals surface area contributed by atoms with Crippen LogP contribution in [-0.2, 0) is 0 Å². The summed E-state index contributed by atoms with van der Waals surface area (Å²) < 4.78 is 0. The van der Waals surface area contributed by atoms with Crippen molar-refractivity contribution in [3.63, 3.8) is 0 Å². The molecule has 1 rings (SSSR count). The molecule has 1 unspecified atom stereocenters. The van der Waals surface area contributed by atoms with Crippen LogP contribution in [0.25, 0.3) is 0 Å². The summed E-state index contributed by atoms with van der Waals surface area (Å²) in [6.45, 7) is 8.78. The molecule has 0 aromatic heterocycles. The van der Waals surface area contributed by atoms with E-state index in [0.29, 0.717) is 10.7 Å². The van der Waals surface area contributed by atoms with Gasteiger partial charge in [0, 0.05) is 4.83 Å². The molecule has 1 heteroatoms. The molecular formula is C12H17Br. The van der Waals surface area contributed by atoms with Crippen LogP contribution in [0.5, 0.6) is 0 Å². The predicted octanol–water partition coefficient (Wildman–Crippen LogP) is 4.40. The van der Waals surface area contributed by atoms with Crippen molar-refractivity contribution >= 4 is 15.9 Å². The molecule has 0 N–H and O–H groups in total. The Morgan fingerprint density at radius 3 is 2.15 bits per heavy atom. The van der Waals surface area contributed by atoms with Gasteiger partial charge in [-0.05, 0) is 36.5 Å². The second-order valence-electron chi connectivity index (χ2n) is 3.99. The fraction of sp³-hybridized carbons (Fsp3) is 0.500. The van der Waals surface area contributed by atoms with Gasteiger partial charge in [0.05, 0.1) is 0 Å². The van der Waals surface area contributed by atoms with Gasteiger partial charge in [-0.1, -0.05) is 48.0 Å². The zero-order valence-electron chi connectivity index (χ0n) is 8.76. The molecule has 0 saturated carbocycles. The second-order valence-corrected chi connectivity index (χ2v) is 4.98. The Balaban J connectivity index is 2.97. The molecule has 1 atom stereocenters. The minimum absolute atomic E-state index is 0.479. The molecule has 0 aliphatic carbocycles. The van der Waals surface area contributed by atoms with Gasteiger partial charge >= 0.3 is 0 Å². The summed E-state index contributed by atoms with van der Waals surface area (Å²) in [5, 5.41) is 0. The standard InChI is InChI=1S/C12H17Br/c1-8(2)12(13)11-6-5-9(3)10(4)7-11/h5-8,12H,1-4H3. The van der Waals surface area contributed by atoms with E-state index in [1.165, 1.54) is 16.7 Å². The molecule has 72 valence electrons. The van der Waals surface area contributed by atoms with Crippen molar-refractivity contribution in [2.75, 3.05) is 0 Å². The Kier molecular flexibility index (Phi) is 3.55. The van der Waals surface area contributed by atoms with Crippen LogP contribution in [-0.4, -0.2) is 0 Å². The van der Waals surface area contributed by atoms with Gasteiger partial charge in [-0.25, -0.2) is 0 Å². The average Bonchev–Trinajstić information content (AvgIpc) is 2.08. The van der Waals surface area contributed by atoms with E-state index in [1.807, 2.05) is 0 Å². The highest BCUT2D eigenvalue weighted by atomic mass is 79.9. The van der Waals surface area contributed by atoms with Crippen LogP contribution < -0.4 is 0 Å². The fourth-order valence-corrected chi connectivity index (χ4v) is 1.61. The van der Waals surface area contributed by atoms with Crippen LogP contribution in [0, 0.1) is 19.8 Å². The number of hydrogen-bond acceptors (Lipinski definition) is 0. The highest BCUT2D eigenvalue weighted by molar-refractivity contribution is 9.09. The van der Waals surface area contributed by atoms with E-state index in [-0.39, 0.29) is 0 Å². The second kappa shape index (κ2) is 4.28. The van der Waals surface area contributed by atoms with Crippen molar-refractivity contribution in [3.05, 3.63) is 34.9 Å². The molecule has 0 saturated heterocycles. The lowest BCUT2D eigenvalue weighted by atomic mass is 9.99. The summed E-state index contributed by atoms with van der Waals surface area (Å²) >= 11 is 3.71. The minimum atomic E-state index is 0.479. The number of alkyl halides is 1. The third-order valence-corrected chi connectivity index (χ3v) is 4.02. The van der Waals surface area contributed by atoms with Crippen LogP contribution in [0.15, 0.2) is 18.2 Å². The first-order valence-corrected chi connectivity index (χ1v) is 5.65. The molecule has 0 aliphatic heterocycles. The molecular weight excluding hydrogens is 224 g/mol. The highest BCUT2D eigenvalue weighted by Crippen LogP contribution is 2.31. The smallest absolute Gasteiger partial charge is 0.0418 e. The normalized spacial score (nSPS) is 13.4. The van der Waals surface area contributed by atoms with Crippen molar-refractivity contribution in [1.29, 1.82) is 0 Å². The first-order chi connectivity index (χ1) is 6.02. The average molecular weight is 241 g/mol. The van der Waals surface area contributed by atoms with E-state index in [0.717, 1.165) is 0 Å². The summed E-state index contributed by atoms with van der Waals surface area (Å²) in [5.74, 6) is 0.641. The predicted molar refractivity (Wildman–Crippen MR) is 62.4 cm³/mol. The van der Waals surface area contributed by atoms with Gasteiger partial charge in [-0.2, -0.15) is 0 Å². The van der Waals surface area contributed by atoms with Gasteiger partial charge < -0.3 is 0 Å². The third-order valence-electron chi connectivity index (χ3n) is 2.43. The van der Waals surface area contributed by atoms with Crippen LogP contribution >= 0.6 is 15.9 Å². The van der Waals surface area contributed by atoms with Crippen LogP contribution in [0.4, 0.5) is 0 Å². The Labute approximate surface area is 89.5 Å². The quantitative estimate of drug-likeness (QED) is 0.673. The number of halogens is 1. The number of benzene rings is 1. The van der Waals surface area contributed by atoms with E-state index in [4.69, 9.17) is 0 Å². The maximum Gasteiger partial charge on any atom is 0.0418 e. The third kappa shape index (κ3) is 2.57. The summed E-state index contributed by atoms with van der Waals surface area (Å²) in [4.78, 5) is 0.479. The molecule has 0 fully saturated rings. The summed E-state index contributed by atoms with van der Waals surface area (Å²) in [5.41, 5.74) is 4.13. The van der Waals surface area contributed by atoms with Crippen molar-refractivity contribution < 1.29 is 0 Å². The summed E-state index contributed by atoms with van der Waals surface area (Å²) in [6, 6.07) is 6.68. The van der Waals surface area contributed by atoms with E-state index < -0.39 is 0 Å². The van der Waals surface area contributed by atoms with Gasteiger partial charge in [0.1, 0.15) is 0 Å². The number of aryl methyl sites for hydroxylation is 2. The first-order valence-electron chi connectivity index (χ1n) is 4.73.